The number of nitrogens with zero attached hydrogens (tertiary/aromatic N) is 5. The second-order valence-electron chi connectivity index (χ2n) is 11.4. The number of aromatic carboxylic acids is 2. The van der Waals surface area contributed by atoms with E-state index < -0.39 is 33.1 Å². The van der Waals surface area contributed by atoms with Gasteiger partial charge in [-0.1, -0.05) is 0 Å². The van der Waals surface area contributed by atoms with Gasteiger partial charge in [-0.2, -0.15) is 0 Å². The minimum atomic E-state index is -1.34. The number of ether oxygens (including phenoxy) is 1. The minimum absolute atomic E-state index is 0.264. The van der Waals surface area contributed by atoms with Gasteiger partial charge in [0.05, 0.1) is 9.85 Å². The van der Waals surface area contributed by atoms with E-state index in [1.54, 1.807) is 31.7 Å². The number of anilines is 2. The fraction of sp³-hybridized carbons (Fsp3) is 0.483. The molecule has 2 aliphatic heterocycles. The van der Waals surface area contributed by atoms with E-state index in [2.05, 4.69) is 5.32 Å². The number of amides is 1. The number of nitrogens with one attached hydrogen (secondary N) is 1. The first-order valence-corrected chi connectivity index (χ1v) is 14.4. The number of hydrogen-bond donors (Lipinski definition) is 3. The predicted octanol–water partition coefficient (Wildman–Crippen LogP) is 3.83. The molecule has 0 unspecified atom stereocenters. The molecule has 1 amide bonds. The molecular weight excluding hydrogens is 592 g/mol. The molecule has 0 bridgehead atoms. The Morgan fingerprint density at radius 2 is 1.27 bits per heavy atom. The van der Waals surface area contributed by atoms with Gasteiger partial charge in [0.15, 0.2) is 0 Å². The Hall–Kier alpha value is -4.99. The molecule has 0 saturated carbocycles. The third-order valence-corrected chi connectivity index (χ3v) is 7.03. The first kappa shape index (κ1) is 34.5. The predicted molar refractivity (Wildman–Crippen MR) is 164 cm³/mol. The van der Waals surface area contributed by atoms with Crippen molar-refractivity contribution in [3.05, 3.63) is 67.8 Å². The van der Waals surface area contributed by atoms with Gasteiger partial charge in [-0.3, -0.25) is 20.2 Å². The van der Waals surface area contributed by atoms with Gasteiger partial charge < -0.3 is 35.0 Å². The average Bonchev–Trinajstić information content (AvgIpc) is 3.40. The molecule has 45 heavy (non-hydrogen) atoms. The van der Waals surface area contributed by atoms with Crippen LogP contribution in [0, 0.1) is 20.2 Å². The molecule has 0 atom stereocenters. The van der Waals surface area contributed by atoms with Gasteiger partial charge in [-0.15, -0.1) is 0 Å². The van der Waals surface area contributed by atoms with Gasteiger partial charge in [-0.25, -0.2) is 14.4 Å². The van der Waals surface area contributed by atoms with Crippen molar-refractivity contribution < 1.29 is 39.2 Å². The van der Waals surface area contributed by atoms with E-state index in [0.717, 1.165) is 32.6 Å². The van der Waals surface area contributed by atoms with Crippen LogP contribution >= 0.6 is 0 Å². The molecule has 0 radical (unpaired) electrons. The van der Waals surface area contributed by atoms with Crippen molar-refractivity contribution in [3.63, 3.8) is 0 Å². The maximum absolute atomic E-state index is 12.2. The summed E-state index contributed by atoms with van der Waals surface area (Å²) in [6.45, 7) is 10.8. The zero-order chi connectivity index (χ0) is 33.3. The number of benzene rings is 2. The van der Waals surface area contributed by atoms with Crippen LogP contribution in [0.5, 0.6) is 0 Å². The Morgan fingerprint density at radius 3 is 1.76 bits per heavy atom. The summed E-state index contributed by atoms with van der Waals surface area (Å²) in [6.07, 6.45) is 1.26. The number of carbonyl (C=O) groups is 3. The van der Waals surface area contributed by atoms with E-state index in [4.69, 9.17) is 9.84 Å². The van der Waals surface area contributed by atoms with Crippen LogP contribution in [0.1, 0.15) is 54.3 Å². The molecule has 2 aromatic rings. The molecule has 0 spiro atoms. The largest absolute Gasteiger partial charge is 0.477 e. The van der Waals surface area contributed by atoms with Gasteiger partial charge in [0.2, 0.25) is 0 Å². The molecule has 244 valence electrons. The summed E-state index contributed by atoms with van der Waals surface area (Å²) in [6, 6.07) is 8.30. The van der Waals surface area contributed by atoms with Crippen molar-refractivity contribution in [2.75, 3.05) is 62.2 Å². The summed E-state index contributed by atoms with van der Waals surface area (Å²) in [7, 11) is 0. The fourth-order valence-corrected chi connectivity index (χ4v) is 4.89. The molecule has 3 N–H and O–H groups in total. The normalized spacial score (nSPS) is 15.6. The molecule has 0 aromatic heterocycles. The van der Waals surface area contributed by atoms with Crippen LogP contribution in [0.4, 0.5) is 27.5 Å². The quantitative estimate of drug-likeness (QED) is 0.306. The monoisotopic (exact) mass is 630 g/mol. The second kappa shape index (κ2) is 15.1. The number of hydrogen-bond acceptors (Lipinski definition) is 11. The lowest BCUT2D eigenvalue weighted by Gasteiger charge is -2.27. The van der Waals surface area contributed by atoms with E-state index in [0.29, 0.717) is 44.0 Å². The van der Waals surface area contributed by atoms with Gasteiger partial charge in [0, 0.05) is 69.3 Å². The summed E-state index contributed by atoms with van der Waals surface area (Å²) >= 11 is 0. The van der Waals surface area contributed by atoms with Gasteiger partial charge in [-0.05, 0) is 64.4 Å². The molecule has 2 heterocycles. The highest BCUT2D eigenvalue weighted by Gasteiger charge is 2.27. The van der Waals surface area contributed by atoms with E-state index >= 15 is 0 Å². The lowest BCUT2D eigenvalue weighted by atomic mass is 10.1. The van der Waals surface area contributed by atoms with Crippen LogP contribution in [0.3, 0.4) is 0 Å². The maximum atomic E-state index is 12.2. The van der Waals surface area contributed by atoms with Gasteiger partial charge in [0.1, 0.15) is 16.7 Å². The number of carboxylic acids is 2. The van der Waals surface area contributed by atoms with Crippen LogP contribution in [-0.2, 0) is 4.74 Å². The van der Waals surface area contributed by atoms with Crippen LogP contribution in [0.2, 0.25) is 0 Å². The van der Waals surface area contributed by atoms with Crippen molar-refractivity contribution >= 4 is 40.8 Å². The van der Waals surface area contributed by atoms with Gasteiger partial charge >= 0.3 is 18.0 Å². The highest BCUT2D eigenvalue weighted by Crippen LogP contribution is 2.27. The van der Waals surface area contributed by atoms with Crippen molar-refractivity contribution in [2.24, 2.45) is 0 Å². The fourth-order valence-electron chi connectivity index (χ4n) is 4.89. The molecule has 4 rings (SSSR count). The molecule has 2 aromatic carbocycles. The van der Waals surface area contributed by atoms with Gasteiger partial charge in [0.25, 0.3) is 11.4 Å². The first-order chi connectivity index (χ1) is 21.2. The number of carbonyl (C=O) groups excluding carboxylic acids is 1. The van der Waals surface area contributed by atoms with Crippen molar-refractivity contribution in [3.8, 4) is 0 Å². The molecule has 16 heteroatoms. The zero-order valence-electron chi connectivity index (χ0n) is 25.4. The Balaban J connectivity index is 0.000000257. The second-order valence-corrected chi connectivity index (χ2v) is 11.4. The topological polar surface area (TPSA) is 209 Å². The average molecular weight is 631 g/mol. The smallest absolute Gasteiger partial charge is 0.410 e. The molecule has 2 aliphatic rings. The molecule has 2 fully saturated rings. The summed E-state index contributed by atoms with van der Waals surface area (Å²) in [5, 5.41) is 43.3. The Morgan fingerprint density at radius 1 is 0.756 bits per heavy atom. The standard InChI is InChI=1S/C17H23N3O6.C12H15N3O4/c1-17(2,3)26-16(23)19-8-4-7-18(9-10-19)12-5-6-14(20(24)25)13(11-12)15(21)22;16-12(17)10-8-9(2-3-11(10)15(18)19)14-6-1-4-13-5-7-14/h5-6,11H,4,7-10H2,1-3H3,(H,21,22);2-3,8,13H,1,4-7H2,(H,16,17). The van der Waals surface area contributed by atoms with Crippen molar-refractivity contribution in [2.45, 2.75) is 39.2 Å². The third-order valence-electron chi connectivity index (χ3n) is 7.03. The minimum Gasteiger partial charge on any atom is -0.477 e. The number of nitro groups is 2. The maximum Gasteiger partial charge on any atom is 0.410 e. The van der Waals surface area contributed by atoms with Crippen LogP contribution in [0.15, 0.2) is 36.4 Å². The first-order valence-electron chi connectivity index (χ1n) is 14.4. The molecule has 16 nitrogen and oxygen atoms in total. The summed E-state index contributed by atoms with van der Waals surface area (Å²) in [4.78, 5) is 60.6. The zero-order valence-corrected chi connectivity index (χ0v) is 25.4. The highest BCUT2D eigenvalue weighted by atomic mass is 16.6. The SMILES string of the molecule is CC(C)(C)OC(=O)N1CCCN(c2ccc([N+](=O)[O-])c(C(=O)O)c2)CC1.O=C(O)c1cc(N2CCCNCC2)ccc1[N+](=O)[O-]. The molecule has 2 saturated heterocycles. The van der Waals surface area contributed by atoms with E-state index in [9.17, 15) is 39.7 Å². The van der Waals surface area contributed by atoms with Crippen molar-refractivity contribution in [1.82, 2.24) is 10.2 Å². The summed E-state index contributed by atoms with van der Waals surface area (Å²) < 4.78 is 5.38. The highest BCUT2D eigenvalue weighted by molar-refractivity contribution is 5.94. The Labute approximate surface area is 259 Å². The van der Waals surface area contributed by atoms with Crippen LogP contribution in [-0.4, -0.2) is 101 Å². The van der Waals surface area contributed by atoms with E-state index in [1.165, 1.54) is 30.3 Å². The number of rotatable bonds is 6. The Kier molecular flexibility index (Phi) is 11.6. The summed E-state index contributed by atoms with van der Waals surface area (Å²) in [5.41, 5.74) is -0.695. The molecule has 0 aliphatic carbocycles. The summed E-state index contributed by atoms with van der Waals surface area (Å²) in [5.74, 6) is -2.62. The lowest BCUT2D eigenvalue weighted by molar-refractivity contribution is -0.385. The van der Waals surface area contributed by atoms with Crippen LogP contribution in [0.25, 0.3) is 0 Å². The van der Waals surface area contributed by atoms with Crippen LogP contribution < -0.4 is 15.1 Å². The Bertz CT molecular complexity index is 1420. The lowest BCUT2D eigenvalue weighted by Crippen LogP contribution is -2.39. The number of nitro benzene ring substituents is 2. The van der Waals surface area contributed by atoms with E-state index in [-0.39, 0.29) is 22.9 Å². The van der Waals surface area contributed by atoms with E-state index in [1.807, 2.05) is 9.80 Å². The van der Waals surface area contributed by atoms with Crippen molar-refractivity contribution in [1.29, 1.82) is 0 Å². The molecular formula is C29H38N6O10. The third kappa shape index (κ3) is 9.76. The number of carboxylic acid groups (broad SMARTS) is 2.